The molecule has 3 N–H and O–H groups in total. The fraction of sp³-hybridized carbons (Fsp3) is 0.639. The van der Waals surface area contributed by atoms with Gasteiger partial charge < -0.3 is 30.2 Å². The molecular formula is C36H54N6O5. The second-order valence-corrected chi connectivity index (χ2v) is 12.9. The molecule has 2 aliphatic rings. The third-order valence-corrected chi connectivity index (χ3v) is 9.27. The van der Waals surface area contributed by atoms with Gasteiger partial charge in [-0.3, -0.25) is 14.4 Å². The number of carbonyl (C=O) groups is 4. The number of nitrogens with zero attached hydrogens (tertiary/aromatic N) is 3. The van der Waals surface area contributed by atoms with Gasteiger partial charge in [0.25, 0.3) is 0 Å². The van der Waals surface area contributed by atoms with E-state index in [0.717, 1.165) is 24.8 Å². The van der Waals surface area contributed by atoms with Crippen LogP contribution in [-0.2, 0) is 32.1 Å². The van der Waals surface area contributed by atoms with E-state index >= 15 is 0 Å². The Hall–Kier alpha value is -3.89. The summed E-state index contributed by atoms with van der Waals surface area (Å²) in [7, 11) is 0. The van der Waals surface area contributed by atoms with Crippen molar-refractivity contribution in [1.29, 1.82) is 0 Å². The maximum Gasteiger partial charge on any atom is 0.408 e. The standard InChI is InChI=1S/C36H54N6O5/c1-2-3-4-5-6-7-8-9-10-14-21-38-33(43)31-19-15-22-41(31)35(45)32-20-16-23-42(32)34(44)30(24-29-25-37-27-39-29)40-36(46)47-26-28-17-12-11-13-18-28/h11-13,17-18,25,27,30-32H,2-10,14-16,19-24,26H2,1H3,(H,37,39)(H,38,43)(H,40,46)/t30-,31-,32-/m0/s1. The second-order valence-electron chi connectivity index (χ2n) is 12.9. The highest BCUT2D eigenvalue weighted by Crippen LogP contribution is 2.26. The Morgan fingerprint density at radius 3 is 2.23 bits per heavy atom. The number of hydrogen-bond donors (Lipinski definition) is 3. The van der Waals surface area contributed by atoms with Gasteiger partial charge in [0.15, 0.2) is 0 Å². The van der Waals surface area contributed by atoms with Crippen LogP contribution in [0.3, 0.4) is 0 Å². The van der Waals surface area contributed by atoms with Crippen LogP contribution in [0.2, 0.25) is 0 Å². The molecule has 11 heteroatoms. The second kappa shape index (κ2) is 19.7. The Morgan fingerprint density at radius 2 is 1.55 bits per heavy atom. The number of aromatic amines is 1. The smallest absolute Gasteiger partial charge is 0.408 e. The van der Waals surface area contributed by atoms with Crippen LogP contribution in [0.5, 0.6) is 0 Å². The summed E-state index contributed by atoms with van der Waals surface area (Å²) in [5.74, 6) is -0.657. The lowest BCUT2D eigenvalue weighted by molar-refractivity contribution is -0.147. The lowest BCUT2D eigenvalue weighted by atomic mass is 10.1. The molecular weight excluding hydrogens is 596 g/mol. The molecule has 3 atom stereocenters. The number of benzene rings is 1. The molecule has 0 aliphatic carbocycles. The van der Waals surface area contributed by atoms with Crippen molar-refractivity contribution in [2.24, 2.45) is 0 Å². The summed E-state index contributed by atoms with van der Waals surface area (Å²) in [6.07, 6.45) is 17.5. The number of likely N-dealkylation sites (tertiary alicyclic amines) is 2. The highest BCUT2D eigenvalue weighted by Gasteiger charge is 2.43. The van der Waals surface area contributed by atoms with E-state index in [9.17, 15) is 19.2 Å². The number of aromatic nitrogens is 2. The average molecular weight is 651 g/mol. The Labute approximate surface area is 279 Å². The largest absolute Gasteiger partial charge is 0.445 e. The van der Waals surface area contributed by atoms with Crippen molar-refractivity contribution < 1.29 is 23.9 Å². The number of alkyl carbamates (subject to hydrolysis) is 1. The number of carbonyl (C=O) groups excluding carboxylic acids is 4. The first kappa shape index (κ1) is 36.0. The zero-order chi connectivity index (χ0) is 33.3. The van der Waals surface area contributed by atoms with Crippen LogP contribution in [0, 0.1) is 0 Å². The quantitative estimate of drug-likeness (QED) is 0.177. The first-order chi connectivity index (χ1) is 23.0. The van der Waals surface area contributed by atoms with E-state index in [2.05, 4.69) is 27.5 Å². The summed E-state index contributed by atoms with van der Waals surface area (Å²) in [6, 6.07) is 7.16. The van der Waals surface area contributed by atoms with Crippen molar-refractivity contribution >= 4 is 23.8 Å². The van der Waals surface area contributed by atoms with E-state index < -0.39 is 24.2 Å². The van der Waals surface area contributed by atoms with Crippen molar-refractivity contribution in [2.45, 2.75) is 128 Å². The molecule has 47 heavy (non-hydrogen) atoms. The summed E-state index contributed by atoms with van der Waals surface area (Å²) >= 11 is 0. The Kier molecular flexibility index (Phi) is 15.1. The number of nitrogens with one attached hydrogen (secondary N) is 3. The number of unbranched alkanes of at least 4 members (excludes halogenated alkanes) is 9. The number of rotatable bonds is 19. The minimum absolute atomic E-state index is 0.0695. The average Bonchev–Trinajstić information content (AvgIpc) is 3.88. The predicted molar refractivity (Wildman–Crippen MR) is 180 cm³/mol. The predicted octanol–water partition coefficient (Wildman–Crippen LogP) is 5.27. The van der Waals surface area contributed by atoms with E-state index in [0.29, 0.717) is 44.6 Å². The Bertz CT molecular complexity index is 1240. The number of amides is 4. The molecule has 0 radical (unpaired) electrons. The van der Waals surface area contributed by atoms with Crippen molar-refractivity contribution in [3.05, 3.63) is 54.1 Å². The van der Waals surface area contributed by atoms with Gasteiger partial charge in [0.1, 0.15) is 24.7 Å². The highest BCUT2D eigenvalue weighted by atomic mass is 16.5. The number of ether oxygens (including phenoxy) is 1. The molecule has 0 bridgehead atoms. The summed E-state index contributed by atoms with van der Waals surface area (Å²) in [4.78, 5) is 64.0. The van der Waals surface area contributed by atoms with E-state index in [4.69, 9.17) is 4.74 Å². The number of imidazole rings is 1. The molecule has 2 saturated heterocycles. The van der Waals surface area contributed by atoms with E-state index in [-0.39, 0.29) is 30.7 Å². The Morgan fingerprint density at radius 1 is 0.894 bits per heavy atom. The van der Waals surface area contributed by atoms with Gasteiger partial charge in [-0.1, -0.05) is 95.0 Å². The molecule has 1 aromatic carbocycles. The first-order valence-corrected chi connectivity index (χ1v) is 17.8. The van der Waals surface area contributed by atoms with E-state index in [1.165, 1.54) is 57.7 Å². The molecule has 0 unspecified atom stereocenters. The topological polar surface area (TPSA) is 137 Å². The van der Waals surface area contributed by atoms with Crippen LogP contribution in [0.15, 0.2) is 42.9 Å². The van der Waals surface area contributed by atoms with Crippen LogP contribution in [0.1, 0.15) is 108 Å². The minimum atomic E-state index is -0.953. The molecule has 1 aromatic heterocycles. The molecule has 2 fully saturated rings. The molecule has 3 heterocycles. The van der Waals surface area contributed by atoms with Crippen molar-refractivity contribution in [3.63, 3.8) is 0 Å². The molecule has 0 spiro atoms. The van der Waals surface area contributed by atoms with Gasteiger partial charge in [0, 0.05) is 37.9 Å². The Balaban J connectivity index is 1.27. The fourth-order valence-electron chi connectivity index (χ4n) is 6.65. The van der Waals surface area contributed by atoms with Crippen LogP contribution < -0.4 is 10.6 Å². The highest BCUT2D eigenvalue weighted by molar-refractivity contribution is 5.94. The van der Waals surface area contributed by atoms with E-state index in [1.54, 1.807) is 16.0 Å². The molecule has 2 aliphatic heterocycles. The maximum atomic E-state index is 13.9. The van der Waals surface area contributed by atoms with Gasteiger partial charge >= 0.3 is 6.09 Å². The van der Waals surface area contributed by atoms with Gasteiger partial charge in [0.05, 0.1) is 6.33 Å². The van der Waals surface area contributed by atoms with Crippen molar-refractivity contribution in [2.75, 3.05) is 19.6 Å². The lowest BCUT2D eigenvalue weighted by Gasteiger charge is -2.32. The maximum absolute atomic E-state index is 13.9. The summed E-state index contributed by atoms with van der Waals surface area (Å²) in [5, 5.41) is 5.79. The third kappa shape index (κ3) is 11.4. The number of hydrogen-bond acceptors (Lipinski definition) is 6. The fourth-order valence-corrected chi connectivity index (χ4v) is 6.65. The zero-order valence-electron chi connectivity index (χ0n) is 28.1. The van der Waals surface area contributed by atoms with Crippen LogP contribution in [-0.4, -0.2) is 81.3 Å². The van der Waals surface area contributed by atoms with Crippen molar-refractivity contribution in [3.8, 4) is 0 Å². The monoisotopic (exact) mass is 650 g/mol. The molecule has 2 aromatic rings. The molecule has 11 nitrogen and oxygen atoms in total. The number of H-pyrrole nitrogens is 1. The summed E-state index contributed by atoms with van der Waals surface area (Å²) in [6.45, 7) is 3.82. The lowest BCUT2D eigenvalue weighted by Crippen LogP contribution is -2.56. The van der Waals surface area contributed by atoms with Gasteiger partial charge in [0.2, 0.25) is 17.7 Å². The SMILES string of the molecule is CCCCCCCCCCCCNC(=O)[C@@H]1CCCN1C(=O)[C@@H]1CCCN1C(=O)[C@H](Cc1cnc[nH]1)NC(=O)OCc1ccccc1. The molecule has 258 valence electrons. The molecule has 4 rings (SSSR count). The van der Waals surface area contributed by atoms with Gasteiger partial charge in [-0.15, -0.1) is 0 Å². The van der Waals surface area contributed by atoms with Gasteiger partial charge in [-0.2, -0.15) is 0 Å². The minimum Gasteiger partial charge on any atom is -0.445 e. The molecule has 4 amide bonds. The van der Waals surface area contributed by atoms with Crippen LogP contribution in [0.25, 0.3) is 0 Å². The summed E-state index contributed by atoms with van der Waals surface area (Å²) < 4.78 is 5.40. The normalized spacial score (nSPS) is 18.2. The summed E-state index contributed by atoms with van der Waals surface area (Å²) in [5.41, 5.74) is 1.50. The van der Waals surface area contributed by atoms with Crippen LogP contribution >= 0.6 is 0 Å². The van der Waals surface area contributed by atoms with Gasteiger partial charge in [-0.05, 0) is 37.7 Å². The zero-order valence-corrected chi connectivity index (χ0v) is 28.1. The molecule has 0 saturated carbocycles. The van der Waals surface area contributed by atoms with E-state index in [1.807, 2.05) is 30.3 Å². The first-order valence-electron chi connectivity index (χ1n) is 17.8. The van der Waals surface area contributed by atoms with Crippen LogP contribution in [0.4, 0.5) is 4.79 Å². The van der Waals surface area contributed by atoms with Crippen molar-refractivity contribution in [1.82, 2.24) is 30.4 Å². The van der Waals surface area contributed by atoms with Gasteiger partial charge in [-0.25, -0.2) is 9.78 Å². The third-order valence-electron chi connectivity index (χ3n) is 9.27.